The Labute approximate surface area is 420 Å². The number of allylic oxidation sites excluding steroid dienone is 14. The molecule has 0 amide bonds. The van der Waals surface area contributed by atoms with Gasteiger partial charge in [-0.05, 0) is 116 Å². The number of unbranched alkanes of at least 4 members (excludes halogenated alkanes) is 26. The standard InChI is InChI=1S/C62H106O6/c1-4-7-10-13-16-19-22-25-28-30-31-33-34-37-40-43-46-49-52-55-61(64)67-58-59(57-66-60(63)54-51-48-45-42-39-36-27-24-21-18-15-12-9-6-3)68-62(65)56-53-50-47-44-41-38-35-32-29-26-23-20-17-14-11-8-5-2/h15-16,18-19,24-29,31,33,37,40,59H,4-14,17,20-23,30,32,34-36,38-39,41-58H2,1-3H3/b18-15+,19-16+,27-24+,28-25+,29-26+,33-31+,40-37+/t59-/m1/s1. The fourth-order valence-electron chi connectivity index (χ4n) is 7.73. The minimum absolute atomic E-state index is 0.0959. The fraction of sp³-hybridized carbons (Fsp3) is 0.726. The topological polar surface area (TPSA) is 78.9 Å². The molecule has 0 aromatic heterocycles. The Morgan fingerprint density at radius 2 is 0.544 bits per heavy atom. The summed E-state index contributed by atoms with van der Waals surface area (Å²) in [6.45, 7) is 6.53. The van der Waals surface area contributed by atoms with E-state index in [0.717, 1.165) is 109 Å². The third kappa shape index (κ3) is 53.5. The van der Waals surface area contributed by atoms with Gasteiger partial charge in [-0.25, -0.2) is 0 Å². The van der Waals surface area contributed by atoms with Crippen LogP contribution in [0.2, 0.25) is 0 Å². The lowest BCUT2D eigenvalue weighted by Gasteiger charge is -2.18. The molecular formula is C62H106O6. The molecule has 0 aliphatic rings. The van der Waals surface area contributed by atoms with E-state index in [1.807, 2.05) is 0 Å². The Bertz CT molecular complexity index is 1320. The molecule has 0 rings (SSSR count). The minimum atomic E-state index is -0.799. The quantitative estimate of drug-likeness (QED) is 0.0262. The van der Waals surface area contributed by atoms with Gasteiger partial charge in [-0.3, -0.25) is 14.4 Å². The highest BCUT2D eigenvalue weighted by Crippen LogP contribution is 2.14. The lowest BCUT2D eigenvalue weighted by Crippen LogP contribution is -2.30. The molecule has 0 aromatic rings. The highest BCUT2D eigenvalue weighted by Gasteiger charge is 2.19. The van der Waals surface area contributed by atoms with Crippen molar-refractivity contribution in [1.29, 1.82) is 0 Å². The summed E-state index contributed by atoms with van der Waals surface area (Å²) >= 11 is 0. The van der Waals surface area contributed by atoms with E-state index in [4.69, 9.17) is 14.2 Å². The van der Waals surface area contributed by atoms with Gasteiger partial charge in [0.25, 0.3) is 0 Å². The number of carbonyl (C=O) groups is 3. The molecule has 0 N–H and O–H groups in total. The summed E-state index contributed by atoms with van der Waals surface area (Å²) in [7, 11) is 0. The van der Waals surface area contributed by atoms with Crippen molar-refractivity contribution in [2.75, 3.05) is 13.2 Å². The van der Waals surface area contributed by atoms with Crippen molar-refractivity contribution >= 4 is 17.9 Å². The zero-order valence-electron chi connectivity index (χ0n) is 44.6. The molecular weight excluding hydrogens is 841 g/mol. The summed E-state index contributed by atoms with van der Waals surface area (Å²) in [4.78, 5) is 38.1. The Hall–Kier alpha value is -3.41. The van der Waals surface area contributed by atoms with Gasteiger partial charge in [0, 0.05) is 19.3 Å². The fourth-order valence-corrected chi connectivity index (χ4v) is 7.73. The van der Waals surface area contributed by atoms with Crippen LogP contribution in [0.25, 0.3) is 0 Å². The van der Waals surface area contributed by atoms with Crippen LogP contribution in [0.15, 0.2) is 85.1 Å². The van der Waals surface area contributed by atoms with E-state index in [2.05, 4.69) is 106 Å². The summed E-state index contributed by atoms with van der Waals surface area (Å²) in [5, 5.41) is 0. The van der Waals surface area contributed by atoms with Crippen LogP contribution >= 0.6 is 0 Å². The average molecular weight is 948 g/mol. The minimum Gasteiger partial charge on any atom is -0.462 e. The third-order valence-electron chi connectivity index (χ3n) is 12.1. The average Bonchev–Trinajstić information content (AvgIpc) is 3.34. The van der Waals surface area contributed by atoms with E-state index in [1.165, 1.54) is 122 Å². The molecule has 0 unspecified atom stereocenters. The SMILES string of the molecule is CCCC/C=C/C/C=C/CCCCCCCC(=O)OC[C@H](COC(=O)CCCCC/C=C/C/C=C/C/C=C/C/C=C/CCCCC)OC(=O)CCCCCCCCC/C=C/CCCCCCCC. The number of hydrogen-bond donors (Lipinski definition) is 0. The smallest absolute Gasteiger partial charge is 0.306 e. The molecule has 0 aliphatic heterocycles. The van der Waals surface area contributed by atoms with Gasteiger partial charge in [0.2, 0.25) is 0 Å². The summed E-state index contributed by atoms with van der Waals surface area (Å²) < 4.78 is 16.8. The van der Waals surface area contributed by atoms with Crippen LogP contribution in [0.5, 0.6) is 0 Å². The van der Waals surface area contributed by atoms with Crippen LogP contribution in [-0.4, -0.2) is 37.2 Å². The van der Waals surface area contributed by atoms with Gasteiger partial charge in [-0.1, -0.05) is 221 Å². The number of esters is 3. The Morgan fingerprint density at radius 3 is 0.926 bits per heavy atom. The van der Waals surface area contributed by atoms with Crippen molar-refractivity contribution in [2.24, 2.45) is 0 Å². The molecule has 6 heteroatoms. The summed E-state index contributed by atoms with van der Waals surface area (Å²) in [6, 6.07) is 0. The van der Waals surface area contributed by atoms with Crippen LogP contribution in [-0.2, 0) is 28.6 Å². The Balaban J connectivity index is 4.46. The highest BCUT2D eigenvalue weighted by molar-refractivity contribution is 5.71. The normalized spacial score (nSPS) is 12.7. The molecule has 0 aliphatic carbocycles. The molecule has 1 atom stereocenters. The van der Waals surface area contributed by atoms with Gasteiger partial charge in [0.15, 0.2) is 6.10 Å². The second-order valence-corrected chi connectivity index (χ2v) is 18.8. The van der Waals surface area contributed by atoms with Crippen LogP contribution < -0.4 is 0 Å². The van der Waals surface area contributed by atoms with Crippen molar-refractivity contribution in [3.8, 4) is 0 Å². The van der Waals surface area contributed by atoms with Crippen molar-refractivity contribution < 1.29 is 28.6 Å². The van der Waals surface area contributed by atoms with E-state index < -0.39 is 6.10 Å². The third-order valence-corrected chi connectivity index (χ3v) is 12.1. The molecule has 0 saturated carbocycles. The van der Waals surface area contributed by atoms with Crippen molar-refractivity contribution in [3.05, 3.63) is 85.1 Å². The molecule has 0 bridgehead atoms. The predicted molar refractivity (Wildman–Crippen MR) is 293 cm³/mol. The molecule has 0 heterocycles. The van der Waals surface area contributed by atoms with Gasteiger partial charge in [0.1, 0.15) is 13.2 Å². The van der Waals surface area contributed by atoms with Crippen molar-refractivity contribution in [3.63, 3.8) is 0 Å². The number of rotatable bonds is 51. The first-order valence-electron chi connectivity index (χ1n) is 28.6. The summed E-state index contributed by atoms with van der Waals surface area (Å²) in [5.41, 5.74) is 0. The number of ether oxygens (including phenoxy) is 3. The van der Waals surface area contributed by atoms with Gasteiger partial charge < -0.3 is 14.2 Å². The van der Waals surface area contributed by atoms with Gasteiger partial charge >= 0.3 is 17.9 Å². The van der Waals surface area contributed by atoms with Crippen LogP contribution in [0.1, 0.15) is 271 Å². The number of hydrogen-bond acceptors (Lipinski definition) is 6. The Morgan fingerprint density at radius 1 is 0.294 bits per heavy atom. The summed E-state index contributed by atoms with van der Waals surface area (Å²) in [6.07, 6.45) is 72.8. The van der Waals surface area contributed by atoms with Gasteiger partial charge in [0.05, 0.1) is 0 Å². The van der Waals surface area contributed by atoms with Crippen LogP contribution in [0.4, 0.5) is 0 Å². The lowest BCUT2D eigenvalue weighted by molar-refractivity contribution is -0.167. The van der Waals surface area contributed by atoms with E-state index >= 15 is 0 Å². The van der Waals surface area contributed by atoms with Crippen LogP contribution in [0.3, 0.4) is 0 Å². The molecule has 0 fully saturated rings. The second kappa shape index (κ2) is 56.2. The van der Waals surface area contributed by atoms with E-state index in [0.29, 0.717) is 19.3 Å². The first kappa shape index (κ1) is 64.6. The first-order valence-corrected chi connectivity index (χ1v) is 28.6. The highest BCUT2D eigenvalue weighted by atomic mass is 16.6. The molecule has 68 heavy (non-hydrogen) atoms. The molecule has 0 spiro atoms. The van der Waals surface area contributed by atoms with Gasteiger partial charge in [-0.15, -0.1) is 0 Å². The van der Waals surface area contributed by atoms with Crippen LogP contribution in [0, 0.1) is 0 Å². The largest absolute Gasteiger partial charge is 0.462 e. The maximum absolute atomic E-state index is 12.9. The maximum atomic E-state index is 12.9. The number of carbonyl (C=O) groups excluding carboxylic acids is 3. The Kier molecular flexibility index (Phi) is 53.4. The van der Waals surface area contributed by atoms with E-state index in [-0.39, 0.29) is 31.1 Å². The maximum Gasteiger partial charge on any atom is 0.306 e. The predicted octanol–water partition coefficient (Wildman–Crippen LogP) is 19.2. The molecule has 6 nitrogen and oxygen atoms in total. The second-order valence-electron chi connectivity index (χ2n) is 18.8. The molecule has 0 saturated heterocycles. The van der Waals surface area contributed by atoms with Gasteiger partial charge in [-0.2, -0.15) is 0 Å². The molecule has 390 valence electrons. The monoisotopic (exact) mass is 947 g/mol. The molecule has 0 radical (unpaired) electrons. The zero-order valence-corrected chi connectivity index (χ0v) is 44.6. The van der Waals surface area contributed by atoms with Crippen molar-refractivity contribution in [2.45, 2.75) is 277 Å². The van der Waals surface area contributed by atoms with Crippen molar-refractivity contribution in [1.82, 2.24) is 0 Å². The van der Waals surface area contributed by atoms with E-state index in [9.17, 15) is 14.4 Å². The van der Waals surface area contributed by atoms with E-state index in [1.54, 1.807) is 0 Å². The molecule has 0 aromatic carbocycles. The summed E-state index contributed by atoms with van der Waals surface area (Å²) in [5.74, 6) is -0.940. The zero-order chi connectivity index (χ0) is 49.3. The lowest BCUT2D eigenvalue weighted by atomic mass is 10.1. The first-order chi connectivity index (χ1) is 33.5.